The number of fused-ring (bicyclic) bond motifs is 1. The summed E-state index contributed by atoms with van der Waals surface area (Å²) in [4.78, 5) is 47.8. The van der Waals surface area contributed by atoms with Crippen molar-refractivity contribution in [3.05, 3.63) is 29.3 Å². The molecule has 2 aliphatic rings. The molecule has 1 aromatic carbocycles. The van der Waals surface area contributed by atoms with Gasteiger partial charge in [0.2, 0.25) is 11.8 Å². The number of piperidine rings is 1. The molecule has 2 atom stereocenters. The molecule has 0 radical (unpaired) electrons. The summed E-state index contributed by atoms with van der Waals surface area (Å²) >= 11 is 0. The predicted octanol–water partition coefficient (Wildman–Crippen LogP) is 1.84. The van der Waals surface area contributed by atoms with Crippen LogP contribution >= 0.6 is 0 Å². The molecule has 7 heteroatoms. The van der Waals surface area contributed by atoms with Gasteiger partial charge in [-0.1, -0.05) is 26.3 Å². The zero-order chi connectivity index (χ0) is 18.9. The molecular weight excluding hydrogens is 334 g/mol. The Hall–Kier alpha value is -2.70. The summed E-state index contributed by atoms with van der Waals surface area (Å²) in [5.74, 6) is -1.27. The van der Waals surface area contributed by atoms with Gasteiger partial charge in [-0.3, -0.25) is 29.8 Å². The van der Waals surface area contributed by atoms with Crippen LogP contribution in [-0.4, -0.2) is 30.2 Å². The van der Waals surface area contributed by atoms with Crippen molar-refractivity contribution in [2.45, 2.75) is 39.5 Å². The lowest BCUT2D eigenvalue weighted by Gasteiger charge is -2.39. The molecule has 0 saturated carbocycles. The van der Waals surface area contributed by atoms with Crippen LogP contribution in [0.3, 0.4) is 0 Å². The van der Waals surface area contributed by atoms with Gasteiger partial charge in [-0.05, 0) is 30.9 Å². The normalized spacial score (nSPS) is 23.3. The summed E-state index contributed by atoms with van der Waals surface area (Å²) < 4.78 is 0. The Morgan fingerprint density at radius 2 is 1.92 bits per heavy atom. The highest BCUT2D eigenvalue weighted by Gasteiger charge is 2.44. The van der Waals surface area contributed by atoms with Gasteiger partial charge in [-0.15, -0.1) is 0 Å². The van der Waals surface area contributed by atoms with Gasteiger partial charge >= 0.3 is 0 Å². The Morgan fingerprint density at radius 1 is 1.15 bits per heavy atom. The Balaban J connectivity index is 1.81. The van der Waals surface area contributed by atoms with Gasteiger partial charge in [0.15, 0.2) is 0 Å². The van der Waals surface area contributed by atoms with Crippen LogP contribution in [0.2, 0.25) is 0 Å². The van der Waals surface area contributed by atoms with Crippen molar-refractivity contribution in [2.75, 3.05) is 11.9 Å². The van der Waals surface area contributed by atoms with E-state index in [0.29, 0.717) is 36.2 Å². The lowest BCUT2D eigenvalue weighted by atomic mass is 9.69. The molecule has 0 aliphatic carbocycles. The first-order chi connectivity index (χ1) is 12.4. The minimum Gasteiger partial charge on any atom is -0.384 e. The van der Waals surface area contributed by atoms with Gasteiger partial charge in [-0.25, -0.2) is 0 Å². The van der Waals surface area contributed by atoms with Gasteiger partial charge < -0.3 is 5.32 Å². The quantitative estimate of drug-likeness (QED) is 0.674. The molecule has 26 heavy (non-hydrogen) atoms. The van der Waals surface area contributed by atoms with E-state index in [0.717, 1.165) is 12.8 Å². The number of hydrogen-bond acceptors (Lipinski definition) is 5. The van der Waals surface area contributed by atoms with Crippen molar-refractivity contribution in [1.29, 1.82) is 0 Å². The Morgan fingerprint density at radius 3 is 2.62 bits per heavy atom. The predicted molar refractivity (Wildman–Crippen MR) is 95.6 cm³/mol. The van der Waals surface area contributed by atoms with Crippen LogP contribution in [0.4, 0.5) is 5.69 Å². The van der Waals surface area contributed by atoms with Crippen LogP contribution in [0.25, 0.3) is 0 Å². The average molecular weight is 357 g/mol. The zero-order valence-corrected chi connectivity index (χ0v) is 15.0. The van der Waals surface area contributed by atoms with Gasteiger partial charge in [0.1, 0.15) is 0 Å². The molecule has 2 aliphatic heterocycles. The molecule has 138 valence electrons. The third-order valence-electron chi connectivity index (χ3n) is 5.48. The van der Waals surface area contributed by atoms with Crippen LogP contribution < -0.4 is 16.0 Å². The van der Waals surface area contributed by atoms with Gasteiger partial charge in [0.25, 0.3) is 11.8 Å². The fourth-order valence-corrected chi connectivity index (χ4v) is 3.80. The molecule has 0 aromatic heterocycles. The monoisotopic (exact) mass is 357 g/mol. The molecule has 3 rings (SSSR count). The van der Waals surface area contributed by atoms with Crippen LogP contribution in [0.15, 0.2) is 18.2 Å². The first-order valence-electron chi connectivity index (χ1n) is 8.93. The van der Waals surface area contributed by atoms with E-state index in [1.165, 1.54) is 0 Å². The van der Waals surface area contributed by atoms with E-state index in [4.69, 9.17) is 0 Å². The first kappa shape index (κ1) is 18.1. The SMILES string of the molecule is CCCC(CNc1cccc2c1C(=O)NC2=O)C1(C)CCC(=O)NC1=O. The standard InChI is InChI=1S/C19H23N3O4/c1-3-5-11(19(2)9-8-14(23)21-18(19)26)10-20-13-7-4-6-12-15(13)17(25)22-16(12)24/h4,6-7,11,20H,3,5,8-10H2,1-2H3,(H,21,23,26)(H,22,24,25). The van der Waals surface area contributed by atoms with Crippen molar-refractivity contribution in [1.82, 2.24) is 10.6 Å². The highest BCUT2D eigenvalue weighted by Crippen LogP contribution is 2.38. The summed E-state index contributed by atoms with van der Waals surface area (Å²) in [6.45, 7) is 4.42. The van der Waals surface area contributed by atoms with Crippen molar-refractivity contribution >= 4 is 29.3 Å². The maximum Gasteiger partial charge on any atom is 0.261 e. The van der Waals surface area contributed by atoms with Gasteiger partial charge in [0.05, 0.1) is 16.5 Å². The zero-order valence-electron chi connectivity index (χ0n) is 15.0. The number of imide groups is 2. The molecular formula is C19H23N3O4. The summed E-state index contributed by atoms with van der Waals surface area (Å²) in [5, 5.41) is 8.00. The minimum atomic E-state index is -0.646. The highest BCUT2D eigenvalue weighted by molar-refractivity contribution is 6.23. The average Bonchev–Trinajstić information content (AvgIpc) is 2.90. The summed E-state index contributed by atoms with van der Waals surface area (Å²) in [6, 6.07) is 5.10. The second-order valence-corrected chi connectivity index (χ2v) is 7.17. The van der Waals surface area contributed by atoms with E-state index in [-0.39, 0.29) is 17.7 Å². The van der Waals surface area contributed by atoms with Crippen LogP contribution in [0.1, 0.15) is 60.2 Å². The third-order valence-corrected chi connectivity index (χ3v) is 5.48. The molecule has 0 bridgehead atoms. The van der Waals surface area contributed by atoms with Crippen LogP contribution in [-0.2, 0) is 9.59 Å². The maximum atomic E-state index is 12.5. The third kappa shape index (κ3) is 3.09. The minimum absolute atomic E-state index is 0.00313. The lowest BCUT2D eigenvalue weighted by molar-refractivity contribution is -0.143. The fourth-order valence-electron chi connectivity index (χ4n) is 3.80. The van der Waals surface area contributed by atoms with E-state index in [9.17, 15) is 19.2 Å². The molecule has 1 saturated heterocycles. The Labute approximate surface area is 151 Å². The van der Waals surface area contributed by atoms with Crippen molar-refractivity contribution < 1.29 is 19.2 Å². The van der Waals surface area contributed by atoms with Crippen LogP contribution in [0, 0.1) is 11.3 Å². The lowest BCUT2D eigenvalue weighted by Crippen LogP contribution is -2.52. The molecule has 3 N–H and O–H groups in total. The molecule has 4 amide bonds. The number of carbonyl (C=O) groups excluding carboxylic acids is 4. The number of nitrogens with one attached hydrogen (secondary N) is 3. The molecule has 0 spiro atoms. The molecule has 1 aromatic rings. The second-order valence-electron chi connectivity index (χ2n) is 7.17. The first-order valence-corrected chi connectivity index (χ1v) is 8.93. The second kappa shape index (κ2) is 6.90. The number of rotatable bonds is 6. The Bertz CT molecular complexity index is 789. The number of benzene rings is 1. The van der Waals surface area contributed by atoms with Crippen LogP contribution in [0.5, 0.6) is 0 Å². The number of hydrogen-bond donors (Lipinski definition) is 3. The smallest absolute Gasteiger partial charge is 0.261 e. The summed E-state index contributed by atoms with van der Waals surface area (Å²) in [6.07, 6.45) is 2.55. The topological polar surface area (TPSA) is 104 Å². The molecule has 1 fully saturated rings. The van der Waals surface area contributed by atoms with Crippen molar-refractivity contribution in [3.8, 4) is 0 Å². The van der Waals surface area contributed by atoms with Gasteiger partial charge in [-0.2, -0.15) is 0 Å². The maximum absolute atomic E-state index is 12.5. The highest BCUT2D eigenvalue weighted by atomic mass is 16.2. The van der Waals surface area contributed by atoms with E-state index >= 15 is 0 Å². The summed E-state index contributed by atoms with van der Waals surface area (Å²) in [7, 11) is 0. The molecule has 2 heterocycles. The van der Waals surface area contributed by atoms with E-state index in [2.05, 4.69) is 22.9 Å². The number of carbonyl (C=O) groups is 4. The van der Waals surface area contributed by atoms with Crippen molar-refractivity contribution in [3.63, 3.8) is 0 Å². The van der Waals surface area contributed by atoms with Gasteiger partial charge in [0, 0.05) is 18.7 Å². The fraction of sp³-hybridized carbons (Fsp3) is 0.474. The molecule has 7 nitrogen and oxygen atoms in total. The number of amides is 4. The van der Waals surface area contributed by atoms with E-state index in [1.54, 1.807) is 18.2 Å². The van der Waals surface area contributed by atoms with E-state index in [1.807, 2.05) is 6.92 Å². The Kier molecular flexibility index (Phi) is 4.80. The number of anilines is 1. The summed E-state index contributed by atoms with van der Waals surface area (Å²) in [5.41, 5.74) is 0.649. The van der Waals surface area contributed by atoms with E-state index < -0.39 is 17.2 Å². The largest absolute Gasteiger partial charge is 0.384 e. The van der Waals surface area contributed by atoms with Crippen molar-refractivity contribution in [2.24, 2.45) is 11.3 Å². The molecule has 2 unspecified atom stereocenters.